The van der Waals surface area contributed by atoms with E-state index in [0.29, 0.717) is 12.2 Å². The molecule has 1 aromatic heterocycles. The quantitative estimate of drug-likeness (QED) is 0.588. The summed E-state index contributed by atoms with van der Waals surface area (Å²) in [5, 5.41) is 8.55. The fourth-order valence-electron chi connectivity index (χ4n) is 0.971. The lowest BCUT2D eigenvalue weighted by molar-refractivity contribution is -0.139. The third-order valence-electron chi connectivity index (χ3n) is 1.76. The first-order valence-corrected chi connectivity index (χ1v) is 3.87. The Morgan fingerprint density at radius 1 is 1.62 bits per heavy atom. The molecular weight excluding hydrogens is 172 g/mol. The summed E-state index contributed by atoms with van der Waals surface area (Å²) in [5.41, 5.74) is 10.9. The molecule has 0 aromatic carbocycles. The number of nitrogens with two attached hydrogens (primary N) is 2. The Kier molecular flexibility index (Phi) is 3.05. The van der Waals surface area contributed by atoms with Gasteiger partial charge in [0.15, 0.2) is 0 Å². The largest absolute Gasteiger partial charge is 0.480 e. The first kappa shape index (κ1) is 9.76. The van der Waals surface area contributed by atoms with Gasteiger partial charge in [0.25, 0.3) is 0 Å². The van der Waals surface area contributed by atoms with Crippen LogP contribution in [0.25, 0.3) is 0 Å². The van der Waals surface area contributed by atoms with Gasteiger partial charge >= 0.3 is 5.97 Å². The summed E-state index contributed by atoms with van der Waals surface area (Å²) in [5.74, 6) is -0.455. The monoisotopic (exact) mass is 184 g/mol. The lowest BCUT2D eigenvalue weighted by atomic mass is 10.1. The van der Waals surface area contributed by atoms with Crippen LogP contribution in [0.1, 0.15) is 5.76 Å². The average molecular weight is 184 g/mol. The maximum absolute atomic E-state index is 10.4. The van der Waals surface area contributed by atoms with Gasteiger partial charge in [0.1, 0.15) is 11.8 Å². The molecule has 72 valence electrons. The van der Waals surface area contributed by atoms with E-state index in [9.17, 15) is 4.79 Å². The van der Waals surface area contributed by atoms with Crippen molar-refractivity contribution in [2.45, 2.75) is 18.5 Å². The third-order valence-corrected chi connectivity index (χ3v) is 1.76. The Bertz CT molecular complexity index is 271. The maximum Gasteiger partial charge on any atom is 0.322 e. The zero-order valence-corrected chi connectivity index (χ0v) is 7.01. The van der Waals surface area contributed by atoms with Crippen LogP contribution in [0.4, 0.5) is 0 Å². The molecule has 1 aromatic rings. The van der Waals surface area contributed by atoms with Crippen LogP contribution in [-0.4, -0.2) is 23.2 Å². The number of hydrogen-bond donors (Lipinski definition) is 3. The highest BCUT2D eigenvalue weighted by molar-refractivity contribution is 5.74. The number of aliphatic carboxylic acids is 1. The number of rotatable bonds is 4. The Hall–Kier alpha value is -1.33. The molecule has 0 fully saturated rings. The van der Waals surface area contributed by atoms with Crippen molar-refractivity contribution in [2.75, 3.05) is 0 Å². The minimum Gasteiger partial charge on any atom is -0.480 e. The molecule has 0 saturated carbocycles. The van der Waals surface area contributed by atoms with E-state index in [1.807, 2.05) is 0 Å². The minimum absolute atomic E-state index is 0.334. The van der Waals surface area contributed by atoms with E-state index >= 15 is 0 Å². The Balaban J connectivity index is 2.50. The molecule has 0 spiro atoms. The zero-order valence-electron chi connectivity index (χ0n) is 7.01. The molecule has 0 aliphatic carbocycles. The molecule has 5 N–H and O–H groups in total. The predicted octanol–water partition coefficient (Wildman–Crippen LogP) is -0.439. The topological polar surface area (TPSA) is 102 Å². The lowest BCUT2D eigenvalue weighted by Crippen LogP contribution is -2.48. The third kappa shape index (κ3) is 2.57. The van der Waals surface area contributed by atoms with E-state index in [-0.39, 0.29) is 0 Å². The molecule has 13 heavy (non-hydrogen) atoms. The number of furan rings is 1. The molecule has 0 amide bonds. The zero-order chi connectivity index (χ0) is 9.84. The first-order chi connectivity index (χ1) is 6.11. The van der Waals surface area contributed by atoms with E-state index in [4.69, 9.17) is 21.0 Å². The fraction of sp³-hybridized carbons (Fsp3) is 0.375. The Morgan fingerprint density at radius 3 is 2.77 bits per heavy atom. The molecule has 0 radical (unpaired) electrons. The molecule has 1 heterocycles. The van der Waals surface area contributed by atoms with Gasteiger partial charge in [-0.2, -0.15) is 0 Å². The summed E-state index contributed by atoms with van der Waals surface area (Å²) >= 11 is 0. The highest BCUT2D eigenvalue weighted by Gasteiger charge is 2.21. The summed E-state index contributed by atoms with van der Waals surface area (Å²) in [7, 11) is 0. The second-order valence-corrected chi connectivity index (χ2v) is 2.81. The standard InChI is InChI=1S/C8H12N2O3/c9-6(7(10)8(11)12)4-5-2-1-3-13-5/h1-3,6-7H,4,9-10H2,(H,11,12). The predicted molar refractivity (Wildman–Crippen MR) is 46.0 cm³/mol. The van der Waals surface area contributed by atoms with Crippen molar-refractivity contribution >= 4 is 5.97 Å². The van der Waals surface area contributed by atoms with E-state index < -0.39 is 18.1 Å². The number of hydrogen-bond acceptors (Lipinski definition) is 4. The van der Waals surface area contributed by atoms with Crippen LogP contribution in [0.3, 0.4) is 0 Å². The molecule has 0 bridgehead atoms. The van der Waals surface area contributed by atoms with Gasteiger partial charge in [-0.1, -0.05) is 0 Å². The number of carbonyl (C=O) groups is 1. The van der Waals surface area contributed by atoms with Gasteiger partial charge in [0.05, 0.1) is 6.26 Å². The molecule has 2 unspecified atom stereocenters. The van der Waals surface area contributed by atoms with Gasteiger partial charge in [-0.3, -0.25) is 4.79 Å². The van der Waals surface area contributed by atoms with Crippen LogP contribution in [0.2, 0.25) is 0 Å². The maximum atomic E-state index is 10.4. The van der Waals surface area contributed by atoms with Gasteiger partial charge < -0.3 is 21.0 Å². The van der Waals surface area contributed by atoms with Crippen molar-refractivity contribution in [1.82, 2.24) is 0 Å². The van der Waals surface area contributed by atoms with E-state index in [1.165, 1.54) is 6.26 Å². The van der Waals surface area contributed by atoms with Crippen molar-refractivity contribution in [3.8, 4) is 0 Å². The molecule has 2 atom stereocenters. The smallest absolute Gasteiger partial charge is 0.322 e. The molecule has 0 saturated heterocycles. The average Bonchev–Trinajstić information content (AvgIpc) is 2.55. The number of carboxylic acid groups (broad SMARTS) is 1. The summed E-state index contributed by atoms with van der Waals surface area (Å²) in [6.07, 6.45) is 1.84. The van der Waals surface area contributed by atoms with Gasteiger partial charge in [-0.15, -0.1) is 0 Å². The van der Waals surface area contributed by atoms with Crippen molar-refractivity contribution in [3.63, 3.8) is 0 Å². The van der Waals surface area contributed by atoms with Crippen molar-refractivity contribution in [2.24, 2.45) is 11.5 Å². The summed E-state index contributed by atoms with van der Waals surface area (Å²) in [6, 6.07) is 1.77. The molecule has 5 nitrogen and oxygen atoms in total. The summed E-state index contributed by atoms with van der Waals surface area (Å²) in [4.78, 5) is 10.4. The van der Waals surface area contributed by atoms with E-state index in [2.05, 4.69) is 0 Å². The van der Waals surface area contributed by atoms with Gasteiger partial charge in [-0.05, 0) is 12.1 Å². The van der Waals surface area contributed by atoms with Crippen molar-refractivity contribution in [3.05, 3.63) is 24.2 Å². The van der Waals surface area contributed by atoms with Crippen LogP contribution in [0.5, 0.6) is 0 Å². The SMILES string of the molecule is NC(Cc1ccco1)C(N)C(=O)O. The van der Waals surface area contributed by atoms with Crippen LogP contribution in [0.15, 0.2) is 22.8 Å². The molecular formula is C8H12N2O3. The highest BCUT2D eigenvalue weighted by Crippen LogP contribution is 2.04. The van der Waals surface area contributed by atoms with E-state index in [1.54, 1.807) is 12.1 Å². The Morgan fingerprint density at radius 2 is 2.31 bits per heavy atom. The van der Waals surface area contributed by atoms with Crippen LogP contribution >= 0.6 is 0 Å². The van der Waals surface area contributed by atoms with Gasteiger partial charge in [0, 0.05) is 12.5 Å². The minimum atomic E-state index is -1.10. The van der Waals surface area contributed by atoms with Crippen LogP contribution in [0, 0.1) is 0 Å². The van der Waals surface area contributed by atoms with Crippen LogP contribution < -0.4 is 11.5 Å². The summed E-state index contributed by atoms with van der Waals surface area (Å²) < 4.78 is 5.01. The second kappa shape index (κ2) is 4.06. The molecule has 1 rings (SSSR count). The van der Waals surface area contributed by atoms with Crippen LogP contribution in [-0.2, 0) is 11.2 Å². The van der Waals surface area contributed by atoms with E-state index in [0.717, 1.165) is 0 Å². The van der Waals surface area contributed by atoms with Crippen molar-refractivity contribution < 1.29 is 14.3 Å². The molecule has 0 aliphatic rings. The number of carboxylic acids is 1. The van der Waals surface area contributed by atoms with Crippen molar-refractivity contribution in [1.29, 1.82) is 0 Å². The highest BCUT2D eigenvalue weighted by atomic mass is 16.4. The normalized spacial score (nSPS) is 15.2. The lowest BCUT2D eigenvalue weighted by Gasteiger charge is -2.13. The first-order valence-electron chi connectivity index (χ1n) is 3.87. The molecule has 5 heteroatoms. The second-order valence-electron chi connectivity index (χ2n) is 2.81. The summed E-state index contributed by atoms with van der Waals surface area (Å²) in [6.45, 7) is 0. The Labute approximate surface area is 75.3 Å². The molecule has 0 aliphatic heterocycles. The van der Waals surface area contributed by atoms with Gasteiger partial charge in [0.2, 0.25) is 0 Å². The fourth-order valence-corrected chi connectivity index (χ4v) is 0.971. The van der Waals surface area contributed by atoms with Gasteiger partial charge in [-0.25, -0.2) is 0 Å².